The molecule has 1 saturated carbocycles. The van der Waals surface area contributed by atoms with E-state index in [0.29, 0.717) is 0 Å². The van der Waals surface area contributed by atoms with E-state index in [2.05, 4.69) is 35.5 Å². The molecule has 1 aliphatic carbocycles. The average Bonchev–Trinajstić information content (AvgIpc) is 3.13. The molecule has 1 N–H and O–H groups in total. The van der Waals surface area contributed by atoms with E-state index in [0.717, 1.165) is 25.7 Å². The minimum atomic E-state index is 0.285. The maximum Gasteiger partial charge on any atom is 0.0281 e. The lowest BCUT2D eigenvalue weighted by molar-refractivity contribution is 0.0643. The van der Waals surface area contributed by atoms with Gasteiger partial charge in [0.25, 0.3) is 0 Å². The second kappa shape index (κ2) is 5.51. The van der Waals surface area contributed by atoms with Crippen LogP contribution in [-0.2, 0) is 0 Å². The first-order valence-corrected chi connectivity index (χ1v) is 6.94. The van der Waals surface area contributed by atoms with Gasteiger partial charge >= 0.3 is 0 Å². The highest BCUT2D eigenvalue weighted by molar-refractivity contribution is 4.95. The van der Waals surface area contributed by atoms with E-state index >= 15 is 0 Å². The molecule has 0 atom stereocenters. The van der Waals surface area contributed by atoms with Crippen LogP contribution in [0, 0.1) is 0 Å². The van der Waals surface area contributed by atoms with Crippen molar-refractivity contribution in [2.75, 3.05) is 39.3 Å². The molecule has 0 aromatic rings. The molecule has 0 spiro atoms. The summed E-state index contributed by atoms with van der Waals surface area (Å²) in [5.74, 6) is 0. The van der Waals surface area contributed by atoms with Crippen molar-refractivity contribution in [2.45, 2.75) is 38.3 Å². The Hall–Kier alpha value is -0.380. The predicted octanol–water partition coefficient (Wildman–Crippen LogP) is 1.32. The Morgan fingerprint density at radius 3 is 2.53 bits per heavy atom. The zero-order valence-corrected chi connectivity index (χ0v) is 11.4. The molecule has 2 rings (SSSR count). The van der Waals surface area contributed by atoms with Gasteiger partial charge in [0, 0.05) is 50.8 Å². The van der Waals surface area contributed by atoms with Crippen LogP contribution in [0.25, 0.3) is 0 Å². The van der Waals surface area contributed by atoms with Gasteiger partial charge in [-0.05, 0) is 26.7 Å². The molecule has 0 bridgehead atoms. The molecule has 2 fully saturated rings. The molecule has 1 heterocycles. The second-order valence-electron chi connectivity index (χ2n) is 6.00. The summed E-state index contributed by atoms with van der Waals surface area (Å²) >= 11 is 0. The normalized spacial score (nSPS) is 23.0. The summed E-state index contributed by atoms with van der Waals surface area (Å²) in [6.07, 6.45) is 4.81. The van der Waals surface area contributed by atoms with Gasteiger partial charge in [0.2, 0.25) is 0 Å². The first kappa shape index (κ1) is 13.1. The maximum absolute atomic E-state index is 3.89. The molecular formula is C14H27N3. The molecule has 0 aromatic carbocycles. The van der Waals surface area contributed by atoms with E-state index in [1.165, 1.54) is 32.5 Å². The van der Waals surface area contributed by atoms with Gasteiger partial charge in [0.05, 0.1) is 0 Å². The Kier molecular flexibility index (Phi) is 4.23. The van der Waals surface area contributed by atoms with Crippen LogP contribution < -0.4 is 5.32 Å². The molecule has 3 heteroatoms. The van der Waals surface area contributed by atoms with Crippen LogP contribution in [0.1, 0.15) is 26.7 Å². The monoisotopic (exact) mass is 237 g/mol. The van der Waals surface area contributed by atoms with Gasteiger partial charge in [0.1, 0.15) is 0 Å². The van der Waals surface area contributed by atoms with E-state index in [1.807, 2.05) is 6.08 Å². The van der Waals surface area contributed by atoms with Crippen molar-refractivity contribution >= 4 is 0 Å². The highest BCUT2D eigenvalue weighted by atomic mass is 15.3. The fraction of sp³-hybridized carbons (Fsp3) is 0.857. The first-order chi connectivity index (χ1) is 8.13. The fourth-order valence-electron chi connectivity index (χ4n) is 2.82. The largest absolute Gasteiger partial charge is 0.314 e. The Balaban J connectivity index is 1.90. The van der Waals surface area contributed by atoms with E-state index in [4.69, 9.17) is 0 Å². The van der Waals surface area contributed by atoms with E-state index in [-0.39, 0.29) is 5.54 Å². The number of hydrogen-bond donors (Lipinski definition) is 1. The summed E-state index contributed by atoms with van der Waals surface area (Å²) in [5.41, 5.74) is 0.285. The van der Waals surface area contributed by atoms with Gasteiger partial charge < -0.3 is 5.32 Å². The molecule has 17 heavy (non-hydrogen) atoms. The highest BCUT2D eigenvalue weighted by Gasteiger charge is 2.35. The van der Waals surface area contributed by atoms with Crippen LogP contribution in [0.3, 0.4) is 0 Å². The summed E-state index contributed by atoms with van der Waals surface area (Å²) < 4.78 is 0. The quantitative estimate of drug-likeness (QED) is 0.703. The van der Waals surface area contributed by atoms with Crippen LogP contribution in [0.5, 0.6) is 0 Å². The molecule has 2 aliphatic rings. The van der Waals surface area contributed by atoms with E-state index in [1.54, 1.807) is 0 Å². The van der Waals surface area contributed by atoms with Gasteiger partial charge in [-0.1, -0.05) is 6.08 Å². The van der Waals surface area contributed by atoms with Gasteiger partial charge in [-0.2, -0.15) is 0 Å². The molecule has 3 nitrogen and oxygen atoms in total. The molecule has 0 unspecified atom stereocenters. The molecular weight excluding hydrogens is 210 g/mol. The fourth-order valence-corrected chi connectivity index (χ4v) is 2.82. The van der Waals surface area contributed by atoms with Crippen LogP contribution in [0.4, 0.5) is 0 Å². The smallest absolute Gasteiger partial charge is 0.0281 e. The lowest BCUT2D eigenvalue weighted by Crippen LogP contribution is -2.58. The maximum atomic E-state index is 3.89. The lowest BCUT2D eigenvalue weighted by Gasteiger charge is -2.44. The van der Waals surface area contributed by atoms with E-state index in [9.17, 15) is 0 Å². The average molecular weight is 237 g/mol. The predicted molar refractivity (Wildman–Crippen MR) is 73.3 cm³/mol. The third-order valence-corrected chi connectivity index (χ3v) is 3.99. The van der Waals surface area contributed by atoms with Crippen molar-refractivity contribution in [1.29, 1.82) is 0 Å². The van der Waals surface area contributed by atoms with Crippen molar-refractivity contribution in [1.82, 2.24) is 15.1 Å². The Morgan fingerprint density at radius 2 is 2.00 bits per heavy atom. The Labute approximate surface area is 106 Å². The number of piperazine rings is 1. The minimum absolute atomic E-state index is 0.285. The summed E-state index contributed by atoms with van der Waals surface area (Å²) in [6, 6.07) is 0.829. The summed E-state index contributed by atoms with van der Waals surface area (Å²) in [4.78, 5) is 5.23. The van der Waals surface area contributed by atoms with Gasteiger partial charge in [-0.3, -0.25) is 9.80 Å². The van der Waals surface area contributed by atoms with Gasteiger partial charge in [-0.25, -0.2) is 0 Å². The number of nitrogens with zero attached hydrogens (tertiary/aromatic N) is 2. The first-order valence-electron chi connectivity index (χ1n) is 6.94. The lowest BCUT2D eigenvalue weighted by atomic mass is 10.0. The molecule has 1 aliphatic heterocycles. The van der Waals surface area contributed by atoms with Crippen LogP contribution >= 0.6 is 0 Å². The SMILES string of the molecule is C=CCN(CC(C)(C)N1CCNCC1)C1CC1. The number of hydrogen-bond acceptors (Lipinski definition) is 3. The van der Waals surface area contributed by atoms with Gasteiger partial charge in [-0.15, -0.1) is 6.58 Å². The molecule has 0 amide bonds. The molecule has 1 saturated heterocycles. The van der Waals surface area contributed by atoms with Crippen molar-refractivity contribution in [3.63, 3.8) is 0 Å². The number of nitrogens with one attached hydrogen (secondary N) is 1. The Bertz CT molecular complexity index is 252. The highest BCUT2D eigenvalue weighted by Crippen LogP contribution is 2.29. The topological polar surface area (TPSA) is 18.5 Å². The molecule has 98 valence electrons. The molecule has 0 radical (unpaired) electrons. The second-order valence-corrected chi connectivity index (χ2v) is 6.00. The van der Waals surface area contributed by atoms with Gasteiger partial charge in [0.15, 0.2) is 0 Å². The zero-order chi connectivity index (χ0) is 12.3. The summed E-state index contributed by atoms with van der Waals surface area (Å²) in [6.45, 7) is 15.5. The van der Waals surface area contributed by atoms with Crippen molar-refractivity contribution in [3.8, 4) is 0 Å². The standard InChI is InChI=1S/C14H27N3/c1-4-9-16(13-5-6-13)12-14(2,3)17-10-7-15-8-11-17/h4,13,15H,1,5-12H2,2-3H3. The summed E-state index contributed by atoms with van der Waals surface area (Å²) in [7, 11) is 0. The Morgan fingerprint density at radius 1 is 1.35 bits per heavy atom. The molecule has 0 aromatic heterocycles. The zero-order valence-electron chi connectivity index (χ0n) is 11.4. The van der Waals surface area contributed by atoms with Crippen LogP contribution in [-0.4, -0.2) is 60.6 Å². The summed E-state index contributed by atoms with van der Waals surface area (Å²) in [5, 5.41) is 3.43. The van der Waals surface area contributed by atoms with Crippen molar-refractivity contribution < 1.29 is 0 Å². The van der Waals surface area contributed by atoms with Crippen molar-refractivity contribution in [2.24, 2.45) is 0 Å². The third kappa shape index (κ3) is 3.54. The number of rotatable bonds is 6. The van der Waals surface area contributed by atoms with Crippen molar-refractivity contribution in [3.05, 3.63) is 12.7 Å². The third-order valence-electron chi connectivity index (χ3n) is 3.99. The van der Waals surface area contributed by atoms with E-state index < -0.39 is 0 Å². The minimum Gasteiger partial charge on any atom is -0.314 e. The van der Waals surface area contributed by atoms with Crippen LogP contribution in [0.2, 0.25) is 0 Å². The van der Waals surface area contributed by atoms with Crippen LogP contribution in [0.15, 0.2) is 12.7 Å².